The fourth-order valence-corrected chi connectivity index (χ4v) is 1.24. The molecule has 0 saturated carbocycles. The van der Waals surface area contributed by atoms with Gasteiger partial charge in [0.15, 0.2) is 0 Å². The number of pyridine rings is 1. The Kier molecular flexibility index (Phi) is 5.39. The maximum atomic E-state index is 5.91. The summed E-state index contributed by atoms with van der Waals surface area (Å²) >= 11 is 5.91. The highest BCUT2D eigenvalue weighted by atomic mass is 35.5. The van der Waals surface area contributed by atoms with Crippen LogP contribution in [-0.2, 0) is 16.1 Å². The first-order valence-corrected chi connectivity index (χ1v) is 5.09. The molecule has 1 rings (SSSR count). The van der Waals surface area contributed by atoms with Crippen molar-refractivity contribution in [1.29, 1.82) is 0 Å². The molecule has 0 atom stereocenters. The second-order valence-electron chi connectivity index (χ2n) is 3.06. The Morgan fingerprint density at radius 1 is 1.40 bits per heavy atom. The molecule has 0 aliphatic heterocycles. The Hall–Kier alpha value is -0.840. The molecule has 1 aromatic heterocycles. The summed E-state index contributed by atoms with van der Waals surface area (Å²) in [6.45, 7) is 1.70. The van der Waals surface area contributed by atoms with E-state index in [1.54, 1.807) is 19.2 Å². The molecular formula is C10H15ClN2O2. The lowest BCUT2D eigenvalue weighted by atomic mass is 10.3. The van der Waals surface area contributed by atoms with E-state index in [-0.39, 0.29) is 0 Å². The summed E-state index contributed by atoms with van der Waals surface area (Å²) in [6.07, 6.45) is 0.858. The third-order valence-electron chi connectivity index (χ3n) is 1.82. The number of nitrogens with two attached hydrogens (primary N) is 1. The third-order valence-corrected chi connectivity index (χ3v) is 2.16. The van der Waals surface area contributed by atoms with Gasteiger partial charge in [-0.3, -0.25) is 0 Å². The van der Waals surface area contributed by atoms with Gasteiger partial charge in [0.25, 0.3) is 0 Å². The maximum absolute atomic E-state index is 5.91. The first-order chi connectivity index (χ1) is 7.24. The van der Waals surface area contributed by atoms with Gasteiger partial charge in [-0.1, -0.05) is 11.6 Å². The summed E-state index contributed by atoms with van der Waals surface area (Å²) in [5.41, 5.74) is 6.21. The van der Waals surface area contributed by atoms with Gasteiger partial charge in [0.05, 0.1) is 17.3 Å². The van der Waals surface area contributed by atoms with Crippen LogP contribution in [0.2, 0.25) is 5.02 Å². The molecule has 0 fully saturated rings. The van der Waals surface area contributed by atoms with Crippen LogP contribution in [0.25, 0.3) is 0 Å². The van der Waals surface area contributed by atoms with Crippen LogP contribution >= 0.6 is 11.6 Å². The molecule has 0 amide bonds. The van der Waals surface area contributed by atoms with Crippen molar-refractivity contribution in [2.24, 2.45) is 0 Å². The molecule has 0 aliphatic rings. The summed E-state index contributed by atoms with van der Waals surface area (Å²) in [7, 11) is 1.66. The molecule has 84 valence electrons. The van der Waals surface area contributed by atoms with E-state index in [0.717, 1.165) is 6.42 Å². The van der Waals surface area contributed by atoms with Crippen LogP contribution in [0.4, 0.5) is 5.82 Å². The van der Waals surface area contributed by atoms with Gasteiger partial charge in [0.2, 0.25) is 0 Å². The number of rotatable bonds is 6. The summed E-state index contributed by atoms with van der Waals surface area (Å²) in [5, 5.41) is 0.580. The Bertz CT molecular complexity index is 307. The van der Waals surface area contributed by atoms with E-state index in [9.17, 15) is 0 Å². The van der Waals surface area contributed by atoms with Gasteiger partial charge in [-0.2, -0.15) is 0 Å². The zero-order chi connectivity index (χ0) is 11.1. The molecule has 4 nitrogen and oxygen atoms in total. The molecular weight excluding hydrogens is 216 g/mol. The minimum atomic E-state index is 0.383. The fraction of sp³-hybridized carbons (Fsp3) is 0.500. The van der Waals surface area contributed by atoms with E-state index < -0.39 is 0 Å². The fourth-order valence-electron chi connectivity index (χ4n) is 1.08. The van der Waals surface area contributed by atoms with Crippen molar-refractivity contribution in [3.05, 3.63) is 22.8 Å². The summed E-state index contributed by atoms with van der Waals surface area (Å²) in [5.74, 6) is 0.454. The van der Waals surface area contributed by atoms with Gasteiger partial charge in [-0.05, 0) is 18.6 Å². The maximum Gasteiger partial charge on any atom is 0.123 e. The molecule has 2 N–H and O–H groups in total. The van der Waals surface area contributed by atoms with Crippen molar-refractivity contribution in [1.82, 2.24) is 4.98 Å². The molecule has 1 heterocycles. The molecule has 0 radical (unpaired) electrons. The van der Waals surface area contributed by atoms with Gasteiger partial charge in [0.1, 0.15) is 5.82 Å². The van der Waals surface area contributed by atoms with Crippen molar-refractivity contribution < 1.29 is 9.47 Å². The summed E-state index contributed by atoms with van der Waals surface area (Å²) in [4.78, 5) is 4.08. The van der Waals surface area contributed by atoms with E-state index in [4.69, 9.17) is 26.8 Å². The standard InChI is InChI=1S/C10H15ClN2O2/c1-14-5-2-6-15-7-9-8(11)3-4-10(12)13-9/h3-4H,2,5-7H2,1H3,(H2,12,13). The molecule has 0 aromatic carbocycles. The highest BCUT2D eigenvalue weighted by Crippen LogP contribution is 2.15. The zero-order valence-electron chi connectivity index (χ0n) is 8.70. The predicted molar refractivity (Wildman–Crippen MR) is 59.8 cm³/mol. The highest BCUT2D eigenvalue weighted by Gasteiger charge is 2.02. The molecule has 0 spiro atoms. The van der Waals surface area contributed by atoms with Crippen molar-refractivity contribution in [2.45, 2.75) is 13.0 Å². The molecule has 1 aromatic rings. The number of hydrogen-bond donors (Lipinski definition) is 1. The van der Waals surface area contributed by atoms with Crippen LogP contribution in [0.5, 0.6) is 0 Å². The lowest BCUT2D eigenvalue weighted by Gasteiger charge is -2.05. The Morgan fingerprint density at radius 3 is 2.93 bits per heavy atom. The average molecular weight is 231 g/mol. The van der Waals surface area contributed by atoms with Crippen molar-refractivity contribution in [3.8, 4) is 0 Å². The average Bonchev–Trinajstić information content (AvgIpc) is 2.23. The number of ether oxygens (including phenoxy) is 2. The Morgan fingerprint density at radius 2 is 2.20 bits per heavy atom. The Balaban J connectivity index is 2.33. The van der Waals surface area contributed by atoms with E-state index in [2.05, 4.69) is 4.98 Å². The largest absolute Gasteiger partial charge is 0.385 e. The van der Waals surface area contributed by atoms with Crippen molar-refractivity contribution >= 4 is 17.4 Å². The summed E-state index contributed by atoms with van der Waals surface area (Å²) < 4.78 is 10.3. The zero-order valence-corrected chi connectivity index (χ0v) is 9.46. The SMILES string of the molecule is COCCCOCc1nc(N)ccc1Cl. The number of anilines is 1. The number of nitrogens with zero attached hydrogens (tertiary/aromatic N) is 1. The van der Waals surface area contributed by atoms with Crippen molar-refractivity contribution in [2.75, 3.05) is 26.1 Å². The van der Waals surface area contributed by atoms with E-state index in [1.807, 2.05) is 0 Å². The molecule has 0 aliphatic carbocycles. The van der Waals surface area contributed by atoms with Gasteiger partial charge in [0, 0.05) is 20.3 Å². The monoisotopic (exact) mass is 230 g/mol. The molecule has 0 saturated heterocycles. The van der Waals surface area contributed by atoms with E-state index in [1.165, 1.54) is 0 Å². The normalized spacial score (nSPS) is 10.5. The second-order valence-corrected chi connectivity index (χ2v) is 3.47. The lowest BCUT2D eigenvalue weighted by Crippen LogP contribution is -2.02. The van der Waals surface area contributed by atoms with Crippen LogP contribution in [0.15, 0.2) is 12.1 Å². The van der Waals surface area contributed by atoms with Gasteiger partial charge < -0.3 is 15.2 Å². The van der Waals surface area contributed by atoms with Gasteiger partial charge in [-0.15, -0.1) is 0 Å². The van der Waals surface area contributed by atoms with Gasteiger partial charge in [-0.25, -0.2) is 4.98 Å². The topological polar surface area (TPSA) is 57.4 Å². The Labute approximate surface area is 94.3 Å². The minimum absolute atomic E-state index is 0.383. The van der Waals surface area contributed by atoms with Crippen LogP contribution in [0.3, 0.4) is 0 Å². The van der Waals surface area contributed by atoms with Crippen LogP contribution in [-0.4, -0.2) is 25.3 Å². The van der Waals surface area contributed by atoms with E-state index >= 15 is 0 Å². The van der Waals surface area contributed by atoms with Crippen LogP contribution in [0.1, 0.15) is 12.1 Å². The molecule has 0 bridgehead atoms. The number of hydrogen-bond acceptors (Lipinski definition) is 4. The highest BCUT2D eigenvalue weighted by molar-refractivity contribution is 6.31. The first kappa shape index (κ1) is 12.2. The van der Waals surface area contributed by atoms with Crippen LogP contribution in [0, 0.1) is 0 Å². The van der Waals surface area contributed by atoms with E-state index in [0.29, 0.717) is 36.4 Å². The third kappa shape index (κ3) is 4.46. The molecule has 5 heteroatoms. The molecule has 0 unspecified atom stereocenters. The lowest BCUT2D eigenvalue weighted by molar-refractivity contribution is 0.0912. The smallest absolute Gasteiger partial charge is 0.123 e. The number of nitrogen functional groups attached to an aromatic ring is 1. The predicted octanol–water partition coefficient (Wildman–Crippen LogP) is 1.87. The minimum Gasteiger partial charge on any atom is -0.385 e. The van der Waals surface area contributed by atoms with Crippen molar-refractivity contribution in [3.63, 3.8) is 0 Å². The van der Waals surface area contributed by atoms with Crippen LogP contribution < -0.4 is 5.73 Å². The first-order valence-electron chi connectivity index (χ1n) is 4.71. The van der Waals surface area contributed by atoms with Gasteiger partial charge >= 0.3 is 0 Å². The quantitative estimate of drug-likeness (QED) is 0.758. The number of aromatic nitrogens is 1. The number of methoxy groups -OCH3 is 1. The summed E-state index contributed by atoms with van der Waals surface area (Å²) in [6, 6.07) is 3.38. The molecule has 15 heavy (non-hydrogen) atoms. The number of halogens is 1. The second kappa shape index (κ2) is 6.61.